The van der Waals surface area contributed by atoms with Gasteiger partial charge in [0, 0.05) is 49.2 Å². The van der Waals surface area contributed by atoms with Gasteiger partial charge in [-0.05, 0) is 49.7 Å². The molecule has 42 heavy (non-hydrogen) atoms. The average Bonchev–Trinajstić information content (AvgIpc) is 3.12. The maximum absolute atomic E-state index is 12.6. The summed E-state index contributed by atoms with van der Waals surface area (Å²) in [6.45, 7) is 6.73. The molecular formula is C30H33N7O4S. The van der Waals surface area contributed by atoms with Crippen molar-refractivity contribution < 1.29 is 18.0 Å². The van der Waals surface area contributed by atoms with Crippen molar-refractivity contribution >= 4 is 38.4 Å². The second kappa shape index (κ2) is 10.8. The van der Waals surface area contributed by atoms with Crippen LogP contribution in [0.3, 0.4) is 0 Å². The van der Waals surface area contributed by atoms with E-state index in [-0.39, 0.29) is 28.4 Å². The van der Waals surface area contributed by atoms with E-state index in [0.717, 1.165) is 18.1 Å². The summed E-state index contributed by atoms with van der Waals surface area (Å²) >= 11 is 0. The maximum Gasteiger partial charge on any atom is 0.253 e. The zero-order valence-electron chi connectivity index (χ0n) is 24.2. The Hall–Kier alpha value is -4.45. The first-order valence-electron chi connectivity index (χ1n) is 13.4. The third kappa shape index (κ3) is 5.94. The van der Waals surface area contributed by atoms with Gasteiger partial charge in [0.2, 0.25) is 5.91 Å². The van der Waals surface area contributed by atoms with Crippen LogP contribution in [-0.4, -0.2) is 70.5 Å². The van der Waals surface area contributed by atoms with Crippen molar-refractivity contribution in [3.05, 3.63) is 72.3 Å². The number of rotatable bonds is 8. The Morgan fingerprint density at radius 3 is 2.50 bits per heavy atom. The molecule has 11 nitrogen and oxygen atoms in total. The van der Waals surface area contributed by atoms with Crippen molar-refractivity contribution in [2.75, 3.05) is 25.2 Å². The summed E-state index contributed by atoms with van der Waals surface area (Å²) < 4.78 is 23.6. The summed E-state index contributed by atoms with van der Waals surface area (Å²) in [4.78, 5) is 44.9. The molecule has 4 aromatic heterocycles. The molecule has 2 amide bonds. The molecule has 0 bridgehead atoms. The monoisotopic (exact) mass is 587 g/mol. The summed E-state index contributed by atoms with van der Waals surface area (Å²) in [5.74, 6) is 0.366. The lowest BCUT2D eigenvalue weighted by molar-refractivity contribution is -0.135. The largest absolute Gasteiger partial charge is 0.368 e. The lowest BCUT2D eigenvalue weighted by atomic mass is 9.84. The highest BCUT2D eigenvalue weighted by Crippen LogP contribution is 2.41. The Labute approximate surface area is 244 Å². The van der Waals surface area contributed by atoms with Gasteiger partial charge in [0.25, 0.3) is 5.91 Å². The molecule has 1 aliphatic heterocycles. The third-order valence-electron chi connectivity index (χ3n) is 7.64. The van der Waals surface area contributed by atoms with E-state index in [1.54, 1.807) is 12.3 Å². The van der Waals surface area contributed by atoms with Crippen LogP contribution >= 0.6 is 0 Å². The molecule has 1 fully saturated rings. The first kappa shape index (κ1) is 29.1. The molecular weight excluding hydrogens is 554 g/mol. The van der Waals surface area contributed by atoms with Gasteiger partial charge in [-0.25, -0.2) is 18.4 Å². The molecule has 1 saturated heterocycles. The standard InChI is InChI=1S/C30H33N7O4S/c1-29(2)17-30(3,37(4)28(29)39)18-34-26-8-6-7-23(36-26)24-10-9-19-14-32-21(12-25(19)35-24)15-33-27(38)20-11-22(16-31-13-20)42(5,40)41/h6-14,16H,15,17-18H2,1-5H3,(H,33,38)(H,34,36)/t30-/m1/s1. The topological polar surface area (TPSA) is 147 Å². The van der Waals surface area contributed by atoms with Crippen LogP contribution in [-0.2, 0) is 21.2 Å². The second-order valence-electron chi connectivity index (χ2n) is 11.6. The second-order valence-corrected chi connectivity index (χ2v) is 13.6. The number of carbonyl (C=O) groups excluding carboxylic acids is 2. The van der Waals surface area contributed by atoms with Gasteiger partial charge >= 0.3 is 0 Å². The number of hydrogen-bond acceptors (Lipinski definition) is 9. The first-order valence-corrected chi connectivity index (χ1v) is 15.3. The van der Waals surface area contributed by atoms with Crippen LogP contribution in [0.2, 0.25) is 0 Å². The number of pyridine rings is 4. The van der Waals surface area contributed by atoms with E-state index < -0.39 is 21.2 Å². The number of likely N-dealkylation sites (N-methyl/N-ethyl adjacent to an activating group) is 1. The fourth-order valence-electron chi connectivity index (χ4n) is 5.30. The molecule has 4 aromatic rings. The van der Waals surface area contributed by atoms with Crippen LogP contribution < -0.4 is 10.6 Å². The van der Waals surface area contributed by atoms with E-state index in [4.69, 9.17) is 9.97 Å². The molecule has 218 valence electrons. The summed E-state index contributed by atoms with van der Waals surface area (Å²) in [6, 6.07) is 12.6. The van der Waals surface area contributed by atoms with E-state index in [1.807, 2.05) is 56.1 Å². The highest BCUT2D eigenvalue weighted by molar-refractivity contribution is 7.90. The van der Waals surface area contributed by atoms with Gasteiger partial charge in [-0.2, -0.15) is 0 Å². The highest BCUT2D eigenvalue weighted by atomic mass is 32.2. The van der Waals surface area contributed by atoms with Gasteiger partial charge in [0.1, 0.15) is 5.82 Å². The van der Waals surface area contributed by atoms with Crippen molar-refractivity contribution in [1.29, 1.82) is 0 Å². The Morgan fingerprint density at radius 2 is 1.79 bits per heavy atom. The molecule has 0 aromatic carbocycles. The van der Waals surface area contributed by atoms with Crippen LogP contribution in [0, 0.1) is 5.41 Å². The average molecular weight is 588 g/mol. The number of nitrogens with zero attached hydrogens (tertiary/aromatic N) is 5. The van der Waals surface area contributed by atoms with Crippen LogP contribution in [0.1, 0.15) is 43.2 Å². The number of aromatic nitrogens is 4. The maximum atomic E-state index is 12.6. The van der Waals surface area contributed by atoms with Crippen LogP contribution in [0.5, 0.6) is 0 Å². The summed E-state index contributed by atoms with van der Waals surface area (Å²) in [5.41, 5.74) is 2.06. The van der Waals surface area contributed by atoms with Crippen molar-refractivity contribution in [2.45, 2.75) is 44.2 Å². The highest BCUT2D eigenvalue weighted by Gasteiger charge is 2.50. The number of hydrogen-bond donors (Lipinski definition) is 2. The summed E-state index contributed by atoms with van der Waals surface area (Å²) in [5, 5.41) is 6.99. The van der Waals surface area contributed by atoms with E-state index in [1.165, 1.54) is 18.5 Å². The zero-order valence-corrected chi connectivity index (χ0v) is 25.0. The predicted octanol–water partition coefficient (Wildman–Crippen LogP) is 3.48. The minimum absolute atomic E-state index is 0.0253. The van der Waals surface area contributed by atoms with Crippen LogP contribution in [0.4, 0.5) is 5.82 Å². The number of anilines is 1. The Kier molecular flexibility index (Phi) is 7.44. The predicted molar refractivity (Wildman–Crippen MR) is 159 cm³/mol. The van der Waals surface area contributed by atoms with Gasteiger partial charge in [-0.1, -0.05) is 19.9 Å². The number of carbonyl (C=O) groups is 2. The number of amides is 2. The van der Waals surface area contributed by atoms with Gasteiger partial charge in [-0.15, -0.1) is 0 Å². The number of nitrogens with one attached hydrogen (secondary N) is 2. The SMILES string of the molecule is CN1C(=O)C(C)(C)C[C@]1(C)CNc1cccc(-c2ccc3cnc(CNC(=O)c4cncc(S(C)(=O)=O)c4)cc3n2)n1. The van der Waals surface area contributed by atoms with Gasteiger partial charge < -0.3 is 15.5 Å². The normalized spacial score (nSPS) is 18.3. The molecule has 0 unspecified atom stereocenters. The lowest BCUT2D eigenvalue weighted by Gasteiger charge is -2.32. The van der Waals surface area contributed by atoms with Crippen LogP contribution in [0.25, 0.3) is 22.3 Å². The van der Waals surface area contributed by atoms with Gasteiger partial charge in [0.15, 0.2) is 9.84 Å². The Bertz CT molecular complexity index is 1810. The van der Waals surface area contributed by atoms with E-state index in [0.29, 0.717) is 35.0 Å². The minimum Gasteiger partial charge on any atom is -0.368 e. The van der Waals surface area contributed by atoms with Crippen molar-refractivity contribution in [1.82, 2.24) is 30.2 Å². The fraction of sp³-hybridized carbons (Fsp3) is 0.333. The summed E-state index contributed by atoms with van der Waals surface area (Å²) in [6.07, 6.45) is 6.02. The smallest absolute Gasteiger partial charge is 0.253 e. The van der Waals surface area contributed by atoms with Crippen LogP contribution in [0.15, 0.2) is 66.0 Å². The van der Waals surface area contributed by atoms with Gasteiger partial charge in [-0.3, -0.25) is 19.6 Å². The number of fused-ring (bicyclic) bond motifs is 1. The number of likely N-dealkylation sites (tertiary alicyclic amines) is 1. The van der Waals surface area contributed by atoms with Crippen molar-refractivity contribution in [3.8, 4) is 11.4 Å². The summed E-state index contributed by atoms with van der Waals surface area (Å²) in [7, 11) is -1.63. The quantitative estimate of drug-likeness (QED) is 0.316. The lowest BCUT2D eigenvalue weighted by Crippen LogP contribution is -2.45. The van der Waals surface area contributed by atoms with E-state index >= 15 is 0 Å². The minimum atomic E-state index is -3.49. The molecule has 1 aliphatic rings. The molecule has 5 rings (SSSR count). The van der Waals surface area contributed by atoms with E-state index in [9.17, 15) is 18.0 Å². The van der Waals surface area contributed by atoms with Crippen molar-refractivity contribution in [2.24, 2.45) is 5.41 Å². The molecule has 2 N–H and O–H groups in total. The zero-order chi connectivity index (χ0) is 30.3. The molecule has 0 saturated carbocycles. The Balaban J connectivity index is 1.29. The Morgan fingerprint density at radius 1 is 1.02 bits per heavy atom. The molecule has 0 aliphatic carbocycles. The number of sulfone groups is 1. The molecule has 12 heteroatoms. The fourth-order valence-corrected chi connectivity index (χ4v) is 5.89. The molecule has 5 heterocycles. The molecule has 0 spiro atoms. The van der Waals surface area contributed by atoms with Gasteiger partial charge in [0.05, 0.1) is 45.1 Å². The molecule has 0 radical (unpaired) electrons. The molecule has 1 atom stereocenters. The third-order valence-corrected chi connectivity index (χ3v) is 8.72. The first-order chi connectivity index (χ1) is 19.7. The van der Waals surface area contributed by atoms with Crippen molar-refractivity contribution in [3.63, 3.8) is 0 Å². The van der Waals surface area contributed by atoms with E-state index in [2.05, 4.69) is 27.5 Å².